The summed E-state index contributed by atoms with van der Waals surface area (Å²) in [5, 5.41) is 0.560. The Balaban J connectivity index is 2.20. The molecule has 0 saturated heterocycles. The molecule has 0 saturated carbocycles. The summed E-state index contributed by atoms with van der Waals surface area (Å²) in [6, 6.07) is 8.10. The van der Waals surface area contributed by atoms with Crippen LogP contribution in [0.2, 0.25) is 5.02 Å². The highest BCUT2D eigenvalue weighted by atomic mass is 35.5. The van der Waals surface area contributed by atoms with Crippen molar-refractivity contribution in [2.45, 2.75) is 32.7 Å². The zero-order valence-corrected chi connectivity index (χ0v) is 12.5. The van der Waals surface area contributed by atoms with Crippen LogP contribution in [0.3, 0.4) is 0 Å². The second kappa shape index (κ2) is 6.73. The van der Waals surface area contributed by atoms with Crippen LogP contribution in [0, 0.1) is 6.92 Å². The Kier molecular flexibility index (Phi) is 4.99. The molecule has 3 nitrogen and oxygen atoms in total. The molecule has 0 spiro atoms. The average Bonchev–Trinajstić information content (AvgIpc) is 2.42. The molecule has 1 heterocycles. The summed E-state index contributed by atoms with van der Waals surface area (Å²) in [7, 11) is 0. The van der Waals surface area contributed by atoms with Crippen LogP contribution < -0.4 is 10.5 Å². The number of hydrogen-bond donors (Lipinski definition) is 1. The average molecular weight is 291 g/mol. The van der Waals surface area contributed by atoms with Crippen molar-refractivity contribution in [3.63, 3.8) is 0 Å². The van der Waals surface area contributed by atoms with Crippen LogP contribution in [0.15, 0.2) is 36.7 Å². The Morgan fingerprint density at radius 3 is 2.80 bits per heavy atom. The maximum atomic E-state index is 6.00. The lowest BCUT2D eigenvalue weighted by atomic mass is 10.0. The van der Waals surface area contributed by atoms with Crippen LogP contribution in [-0.2, 0) is 6.42 Å². The third-order valence-corrected chi connectivity index (χ3v) is 3.39. The summed E-state index contributed by atoms with van der Waals surface area (Å²) >= 11 is 5.91. The van der Waals surface area contributed by atoms with Gasteiger partial charge in [0.1, 0.15) is 11.5 Å². The normalized spacial score (nSPS) is 12.2. The molecule has 2 aromatic rings. The van der Waals surface area contributed by atoms with Crippen molar-refractivity contribution in [2.75, 3.05) is 0 Å². The van der Waals surface area contributed by atoms with E-state index in [4.69, 9.17) is 22.1 Å². The Morgan fingerprint density at radius 1 is 1.30 bits per heavy atom. The lowest BCUT2D eigenvalue weighted by molar-refractivity contribution is 0.475. The zero-order chi connectivity index (χ0) is 14.5. The molecule has 2 rings (SSSR count). The van der Waals surface area contributed by atoms with Gasteiger partial charge < -0.3 is 10.5 Å². The van der Waals surface area contributed by atoms with Crippen molar-refractivity contribution in [2.24, 2.45) is 5.73 Å². The van der Waals surface area contributed by atoms with Gasteiger partial charge in [-0.15, -0.1) is 0 Å². The van der Waals surface area contributed by atoms with E-state index in [2.05, 4.69) is 18.0 Å². The summed E-state index contributed by atoms with van der Waals surface area (Å²) < 4.78 is 5.86. The monoisotopic (exact) mass is 290 g/mol. The van der Waals surface area contributed by atoms with E-state index < -0.39 is 0 Å². The van der Waals surface area contributed by atoms with Gasteiger partial charge in [0.2, 0.25) is 0 Å². The van der Waals surface area contributed by atoms with Gasteiger partial charge >= 0.3 is 0 Å². The van der Waals surface area contributed by atoms with Gasteiger partial charge in [-0.3, -0.25) is 4.98 Å². The molecule has 20 heavy (non-hydrogen) atoms. The van der Waals surface area contributed by atoms with E-state index in [9.17, 15) is 0 Å². The second-order valence-corrected chi connectivity index (χ2v) is 5.35. The molecule has 4 heteroatoms. The third-order valence-electron chi connectivity index (χ3n) is 3.18. The standard InChI is InChI=1S/C16H19ClN2O/c1-3-14(18)6-12-5-4-11(2)16(7-12)20-15-8-13(17)9-19-10-15/h4-5,7-10,14H,3,6,18H2,1-2H3. The van der Waals surface area contributed by atoms with Crippen LogP contribution in [0.4, 0.5) is 0 Å². The van der Waals surface area contributed by atoms with Gasteiger partial charge in [-0.05, 0) is 37.0 Å². The summed E-state index contributed by atoms with van der Waals surface area (Å²) in [5.41, 5.74) is 8.24. The van der Waals surface area contributed by atoms with Crippen LogP contribution in [0.1, 0.15) is 24.5 Å². The van der Waals surface area contributed by atoms with Gasteiger partial charge in [0, 0.05) is 18.3 Å². The molecule has 1 atom stereocenters. The van der Waals surface area contributed by atoms with E-state index >= 15 is 0 Å². The summed E-state index contributed by atoms with van der Waals surface area (Å²) in [6.07, 6.45) is 5.04. The SMILES string of the molecule is CCC(N)Cc1ccc(C)c(Oc2cncc(Cl)c2)c1. The van der Waals surface area contributed by atoms with Gasteiger partial charge in [0.15, 0.2) is 0 Å². The number of aryl methyl sites for hydroxylation is 1. The molecule has 2 N–H and O–H groups in total. The molecule has 0 aliphatic heterocycles. The van der Waals surface area contributed by atoms with Crippen LogP contribution in [0.5, 0.6) is 11.5 Å². The Morgan fingerprint density at radius 2 is 2.10 bits per heavy atom. The van der Waals surface area contributed by atoms with Crippen molar-refractivity contribution in [1.29, 1.82) is 0 Å². The third kappa shape index (κ3) is 3.95. The fourth-order valence-corrected chi connectivity index (χ4v) is 2.07. The molecule has 0 aliphatic carbocycles. The number of benzene rings is 1. The number of ether oxygens (including phenoxy) is 1. The number of nitrogens with zero attached hydrogens (tertiary/aromatic N) is 1. The Hall–Kier alpha value is -1.58. The van der Waals surface area contributed by atoms with Crippen molar-refractivity contribution in [3.8, 4) is 11.5 Å². The van der Waals surface area contributed by atoms with Gasteiger partial charge in [-0.1, -0.05) is 30.7 Å². The molecular weight excluding hydrogens is 272 g/mol. The van der Waals surface area contributed by atoms with E-state index in [0.29, 0.717) is 10.8 Å². The predicted molar refractivity (Wildman–Crippen MR) is 82.5 cm³/mol. The number of hydrogen-bond acceptors (Lipinski definition) is 3. The number of rotatable bonds is 5. The summed E-state index contributed by atoms with van der Waals surface area (Å²) in [6.45, 7) is 4.10. The van der Waals surface area contributed by atoms with Crippen LogP contribution in [0.25, 0.3) is 0 Å². The van der Waals surface area contributed by atoms with Crippen molar-refractivity contribution in [3.05, 3.63) is 52.8 Å². The van der Waals surface area contributed by atoms with E-state index in [1.807, 2.05) is 19.1 Å². The van der Waals surface area contributed by atoms with Gasteiger partial charge in [-0.25, -0.2) is 0 Å². The molecule has 0 radical (unpaired) electrons. The summed E-state index contributed by atoms with van der Waals surface area (Å²) in [5.74, 6) is 1.45. The first-order chi connectivity index (χ1) is 9.58. The van der Waals surface area contributed by atoms with E-state index in [1.165, 1.54) is 5.56 Å². The molecule has 1 unspecified atom stereocenters. The number of halogens is 1. The van der Waals surface area contributed by atoms with Crippen LogP contribution >= 0.6 is 11.6 Å². The molecule has 0 bridgehead atoms. The van der Waals surface area contributed by atoms with Crippen molar-refractivity contribution < 1.29 is 4.74 Å². The van der Waals surface area contributed by atoms with E-state index in [1.54, 1.807) is 18.5 Å². The molecule has 0 amide bonds. The van der Waals surface area contributed by atoms with Gasteiger partial charge in [0.05, 0.1) is 11.2 Å². The number of nitrogens with two attached hydrogens (primary N) is 1. The fraction of sp³-hybridized carbons (Fsp3) is 0.312. The van der Waals surface area contributed by atoms with Crippen LogP contribution in [-0.4, -0.2) is 11.0 Å². The zero-order valence-electron chi connectivity index (χ0n) is 11.8. The smallest absolute Gasteiger partial charge is 0.147 e. The quantitative estimate of drug-likeness (QED) is 0.901. The summed E-state index contributed by atoms with van der Waals surface area (Å²) in [4.78, 5) is 4.02. The minimum atomic E-state index is 0.179. The highest BCUT2D eigenvalue weighted by Crippen LogP contribution is 2.27. The molecule has 0 fully saturated rings. The first-order valence-corrected chi connectivity index (χ1v) is 7.09. The van der Waals surface area contributed by atoms with Gasteiger partial charge in [0.25, 0.3) is 0 Å². The minimum absolute atomic E-state index is 0.179. The molecular formula is C16H19ClN2O. The Bertz CT molecular complexity index is 586. The maximum absolute atomic E-state index is 6.00. The lowest BCUT2D eigenvalue weighted by Gasteiger charge is -2.13. The van der Waals surface area contributed by atoms with Crippen molar-refractivity contribution >= 4 is 11.6 Å². The minimum Gasteiger partial charge on any atom is -0.455 e. The highest BCUT2D eigenvalue weighted by molar-refractivity contribution is 6.30. The largest absolute Gasteiger partial charge is 0.455 e. The van der Waals surface area contributed by atoms with Crippen molar-refractivity contribution in [1.82, 2.24) is 4.98 Å². The molecule has 0 aliphatic rings. The first kappa shape index (κ1) is 14.8. The molecule has 106 valence electrons. The first-order valence-electron chi connectivity index (χ1n) is 6.72. The van der Waals surface area contributed by atoms with E-state index in [0.717, 1.165) is 24.2 Å². The topological polar surface area (TPSA) is 48.1 Å². The predicted octanol–water partition coefficient (Wildman–Crippen LogP) is 4.12. The van der Waals surface area contributed by atoms with Gasteiger partial charge in [-0.2, -0.15) is 0 Å². The lowest BCUT2D eigenvalue weighted by Crippen LogP contribution is -2.21. The maximum Gasteiger partial charge on any atom is 0.147 e. The number of pyridine rings is 1. The molecule has 1 aromatic carbocycles. The number of aromatic nitrogens is 1. The molecule has 1 aromatic heterocycles. The Labute approximate surface area is 124 Å². The fourth-order valence-electron chi connectivity index (χ4n) is 1.90. The highest BCUT2D eigenvalue weighted by Gasteiger charge is 2.07. The van der Waals surface area contributed by atoms with E-state index in [-0.39, 0.29) is 6.04 Å². The second-order valence-electron chi connectivity index (χ2n) is 4.91.